The summed E-state index contributed by atoms with van der Waals surface area (Å²) >= 11 is 7.55. The van der Waals surface area contributed by atoms with Crippen molar-refractivity contribution in [2.45, 2.75) is 4.90 Å². The van der Waals surface area contributed by atoms with Gasteiger partial charge >= 0.3 is 0 Å². The molecule has 0 atom stereocenters. The van der Waals surface area contributed by atoms with Crippen molar-refractivity contribution in [3.05, 3.63) is 47.6 Å². The molecule has 0 unspecified atom stereocenters. The zero-order valence-electron chi connectivity index (χ0n) is 8.68. The van der Waals surface area contributed by atoms with Crippen molar-refractivity contribution in [3.63, 3.8) is 0 Å². The number of benzene rings is 1. The van der Waals surface area contributed by atoms with Gasteiger partial charge in [0.25, 0.3) is 0 Å². The molecule has 0 radical (unpaired) electrons. The summed E-state index contributed by atoms with van der Waals surface area (Å²) in [5, 5.41) is 0.750. The molecule has 1 nitrogen and oxygen atoms in total. The lowest BCUT2D eigenvalue weighted by Gasteiger charge is -2.05. The van der Waals surface area contributed by atoms with Crippen LogP contribution in [0.25, 0.3) is 11.3 Å². The third-order valence-electron chi connectivity index (χ3n) is 2.11. The van der Waals surface area contributed by atoms with E-state index in [1.165, 1.54) is 4.90 Å². The van der Waals surface area contributed by atoms with E-state index in [0.29, 0.717) is 0 Å². The van der Waals surface area contributed by atoms with Crippen LogP contribution in [-0.2, 0) is 0 Å². The van der Waals surface area contributed by atoms with Crippen LogP contribution in [0.15, 0.2) is 47.5 Å². The van der Waals surface area contributed by atoms with E-state index in [1.807, 2.05) is 36.5 Å². The minimum Gasteiger partial charge on any atom is -0.255 e. The molecule has 4 heteroatoms. The van der Waals surface area contributed by atoms with Gasteiger partial charge in [-0.15, -0.1) is 24.2 Å². The van der Waals surface area contributed by atoms with Crippen LogP contribution in [0, 0.1) is 0 Å². The molecule has 0 N–H and O–H groups in total. The lowest BCUT2D eigenvalue weighted by molar-refractivity contribution is 1.24. The zero-order chi connectivity index (χ0) is 10.7. The molecular weight excluding hydrogens is 261 g/mol. The van der Waals surface area contributed by atoms with Gasteiger partial charge in [-0.1, -0.05) is 23.7 Å². The van der Waals surface area contributed by atoms with Gasteiger partial charge in [-0.2, -0.15) is 0 Å². The molecule has 0 aliphatic carbocycles. The van der Waals surface area contributed by atoms with E-state index < -0.39 is 0 Å². The Bertz CT molecular complexity index is 457. The van der Waals surface area contributed by atoms with Gasteiger partial charge in [-0.25, -0.2) is 0 Å². The van der Waals surface area contributed by atoms with Gasteiger partial charge < -0.3 is 0 Å². The molecule has 2 aromatic rings. The predicted octanol–water partition coefficient (Wildman–Crippen LogP) is 4.55. The first-order valence-corrected chi connectivity index (χ1v) is 6.16. The van der Waals surface area contributed by atoms with Crippen LogP contribution in [0.5, 0.6) is 0 Å². The first-order chi connectivity index (χ1) is 7.31. The number of aromatic nitrogens is 1. The second kappa shape index (κ2) is 6.14. The van der Waals surface area contributed by atoms with Crippen molar-refractivity contribution in [1.82, 2.24) is 4.98 Å². The Hall–Kier alpha value is -0.700. The molecule has 1 heterocycles. The third kappa shape index (κ3) is 2.91. The number of hydrogen-bond donors (Lipinski definition) is 0. The monoisotopic (exact) mass is 271 g/mol. The van der Waals surface area contributed by atoms with Gasteiger partial charge in [0.2, 0.25) is 0 Å². The lowest BCUT2D eigenvalue weighted by Crippen LogP contribution is -1.85. The maximum absolute atomic E-state index is 5.85. The molecule has 0 spiro atoms. The van der Waals surface area contributed by atoms with Gasteiger partial charge in [0, 0.05) is 21.7 Å². The molecule has 84 valence electrons. The summed E-state index contributed by atoms with van der Waals surface area (Å²) in [4.78, 5) is 5.57. The summed E-state index contributed by atoms with van der Waals surface area (Å²) < 4.78 is 0. The molecule has 2 rings (SSSR count). The molecule has 0 aliphatic heterocycles. The Morgan fingerprint density at radius 1 is 1.12 bits per heavy atom. The molecular formula is C12H11Cl2NS. The number of hydrogen-bond acceptors (Lipinski definition) is 2. The van der Waals surface area contributed by atoms with E-state index in [0.717, 1.165) is 16.3 Å². The van der Waals surface area contributed by atoms with E-state index >= 15 is 0 Å². The van der Waals surface area contributed by atoms with Crippen LogP contribution in [0.4, 0.5) is 0 Å². The quantitative estimate of drug-likeness (QED) is 0.744. The Labute approximate surface area is 111 Å². The standard InChI is InChI=1S/C12H10ClNS.ClH/c1-15-11-3-2-8-14-12(11)9-4-6-10(13)7-5-9;/h2-8H,1H3;1H. The maximum Gasteiger partial charge on any atom is 0.0837 e. The van der Waals surface area contributed by atoms with Crippen molar-refractivity contribution in [2.24, 2.45) is 0 Å². The van der Waals surface area contributed by atoms with E-state index in [2.05, 4.69) is 17.3 Å². The van der Waals surface area contributed by atoms with Gasteiger partial charge in [-0.05, 0) is 30.5 Å². The fourth-order valence-corrected chi connectivity index (χ4v) is 2.08. The number of halogens is 2. The summed E-state index contributed by atoms with van der Waals surface area (Å²) in [5.41, 5.74) is 2.12. The SMILES string of the molecule is CSc1cccnc1-c1ccc(Cl)cc1.Cl. The molecule has 0 saturated heterocycles. The Morgan fingerprint density at radius 2 is 1.81 bits per heavy atom. The minimum atomic E-state index is 0. The fraction of sp³-hybridized carbons (Fsp3) is 0.0833. The van der Waals surface area contributed by atoms with E-state index in [4.69, 9.17) is 11.6 Å². The molecule has 1 aromatic heterocycles. The largest absolute Gasteiger partial charge is 0.255 e. The van der Waals surface area contributed by atoms with Crippen LogP contribution < -0.4 is 0 Å². The maximum atomic E-state index is 5.85. The van der Waals surface area contributed by atoms with Gasteiger partial charge in [0.15, 0.2) is 0 Å². The summed E-state index contributed by atoms with van der Waals surface area (Å²) in [6, 6.07) is 11.8. The van der Waals surface area contributed by atoms with Crippen LogP contribution in [-0.4, -0.2) is 11.2 Å². The number of nitrogens with zero attached hydrogens (tertiary/aromatic N) is 1. The van der Waals surface area contributed by atoms with Crippen molar-refractivity contribution in [2.75, 3.05) is 6.26 Å². The summed E-state index contributed by atoms with van der Waals surface area (Å²) in [6.07, 6.45) is 3.86. The molecule has 0 aliphatic rings. The Kier molecular flexibility index (Phi) is 5.13. The Morgan fingerprint density at radius 3 is 2.44 bits per heavy atom. The molecule has 16 heavy (non-hydrogen) atoms. The van der Waals surface area contributed by atoms with E-state index in [1.54, 1.807) is 11.8 Å². The number of rotatable bonds is 2. The molecule has 0 amide bonds. The van der Waals surface area contributed by atoms with Crippen molar-refractivity contribution < 1.29 is 0 Å². The highest BCUT2D eigenvalue weighted by molar-refractivity contribution is 7.98. The summed E-state index contributed by atoms with van der Waals surface area (Å²) in [7, 11) is 0. The van der Waals surface area contributed by atoms with Crippen LogP contribution in [0.1, 0.15) is 0 Å². The highest BCUT2D eigenvalue weighted by Crippen LogP contribution is 2.28. The summed E-state index contributed by atoms with van der Waals surface area (Å²) in [5.74, 6) is 0. The van der Waals surface area contributed by atoms with Crippen molar-refractivity contribution in [3.8, 4) is 11.3 Å². The Balaban J connectivity index is 0.00000128. The van der Waals surface area contributed by atoms with E-state index in [-0.39, 0.29) is 12.4 Å². The average molecular weight is 272 g/mol. The first-order valence-electron chi connectivity index (χ1n) is 4.56. The second-order valence-corrected chi connectivity index (χ2v) is 4.35. The van der Waals surface area contributed by atoms with Crippen molar-refractivity contribution in [1.29, 1.82) is 0 Å². The summed E-state index contributed by atoms with van der Waals surface area (Å²) in [6.45, 7) is 0. The molecule has 0 bridgehead atoms. The topological polar surface area (TPSA) is 12.9 Å². The van der Waals surface area contributed by atoms with Crippen LogP contribution in [0.3, 0.4) is 0 Å². The average Bonchev–Trinajstić information content (AvgIpc) is 2.30. The van der Waals surface area contributed by atoms with Gasteiger partial charge in [-0.3, -0.25) is 4.98 Å². The van der Waals surface area contributed by atoms with Crippen LogP contribution >= 0.6 is 35.8 Å². The van der Waals surface area contributed by atoms with Gasteiger partial charge in [0.1, 0.15) is 0 Å². The number of pyridine rings is 1. The number of thioether (sulfide) groups is 1. The van der Waals surface area contributed by atoms with Gasteiger partial charge in [0.05, 0.1) is 5.69 Å². The molecule has 1 aromatic carbocycles. The van der Waals surface area contributed by atoms with Crippen molar-refractivity contribution >= 4 is 35.8 Å². The lowest BCUT2D eigenvalue weighted by atomic mass is 10.1. The fourth-order valence-electron chi connectivity index (χ4n) is 1.38. The third-order valence-corrected chi connectivity index (χ3v) is 3.13. The normalized spacial score (nSPS) is 9.62. The minimum absolute atomic E-state index is 0. The first kappa shape index (κ1) is 13.4. The molecule has 0 saturated carbocycles. The highest BCUT2D eigenvalue weighted by atomic mass is 35.5. The van der Waals surface area contributed by atoms with E-state index in [9.17, 15) is 0 Å². The second-order valence-electron chi connectivity index (χ2n) is 3.06. The molecule has 0 fully saturated rings. The smallest absolute Gasteiger partial charge is 0.0837 e. The highest BCUT2D eigenvalue weighted by Gasteiger charge is 2.04. The zero-order valence-corrected chi connectivity index (χ0v) is 11.1. The van der Waals surface area contributed by atoms with Crippen LogP contribution in [0.2, 0.25) is 5.02 Å². The predicted molar refractivity (Wildman–Crippen MR) is 73.7 cm³/mol.